The number of hydrogen-bond acceptors (Lipinski definition) is 6. The molecule has 0 bridgehead atoms. The van der Waals surface area contributed by atoms with Crippen LogP contribution in [-0.4, -0.2) is 65.0 Å². The molecule has 4 aromatic rings. The van der Waals surface area contributed by atoms with Crippen LogP contribution in [0.4, 0.5) is 0 Å². The van der Waals surface area contributed by atoms with Crippen LogP contribution in [0.25, 0.3) is 16.7 Å². The first kappa shape index (κ1) is 22.5. The molecule has 2 aromatic carbocycles. The number of likely N-dealkylation sites (tertiary alicyclic amines) is 1. The Labute approximate surface area is 199 Å². The number of aliphatic hydroxyl groups excluding tert-OH is 1. The summed E-state index contributed by atoms with van der Waals surface area (Å²) in [6.07, 6.45) is 3.07. The fourth-order valence-corrected chi connectivity index (χ4v) is 4.46. The van der Waals surface area contributed by atoms with Gasteiger partial charge in [-0.15, -0.1) is 0 Å². The first-order valence-electron chi connectivity index (χ1n) is 11.2. The van der Waals surface area contributed by atoms with E-state index in [1.165, 1.54) is 41.4 Å². The van der Waals surface area contributed by atoms with Crippen molar-refractivity contribution < 1.29 is 19.8 Å². The molecule has 1 fully saturated rings. The molecule has 2 atom stereocenters. The molecular weight excluding hydrogens is 450 g/mol. The number of aromatic carboxylic acids is 1. The maximum atomic E-state index is 13.2. The summed E-state index contributed by atoms with van der Waals surface area (Å²) in [6, 6.07) is 14.7. The van der Waals surface area contributed by atoms with Gasteiger partial charge < -0.3 is 15.1 Å². The van der Waals surface area contributed by atoms with Gasteiger partial charge in [-0.3, -0.25) is 14.2 Å². The van der Waals surface area contributed by atoms with Crippen molar-refractivity contribution in [1.29, 1.82) is 0 Å². The summed E-state index contributed by atoms with van der Waals surface area (Å²) in [5.74, 6) is -1.35. The predicted octanol–water partition coefficient (Wildman–Crippen LogP) is 1.95. The molecular formula is C25H23N5O5. The van der Waals surface area contributed by atoms with Crippen LogP contribution in [-0.2, 0) is 6.54 Å². The van der Waals surface area contributed by atoms with Gasteiger partial charge in [0.15, 0.2) is 5.65 Å². The number of hydrogen-bond donors (Lipinski definition) is 2. The summed E-state index contributed by atoms with van der Waals surface area (Å²) >= 11 is 0. The molecule has 35 heavy (non-hydrogen) atoms. The van der Waals surface area contributed by atoms with Gasteiger partial charge >= 0.3 is 5.97 Å². The number of aromatic nitrogens is 4. The maximum absolute atomic E-state index is 13.2. The van der Waals surface area contributed by atoms with Crippen LogP contribution in [0.5, 0.6) is 0 Å². The minimum absolute atomic E-state index is 0.0918. The van der Waals surface area contributed by atoms with Gasteiger partial charge in [-0.1, -0.05) is 18.2 Å². The minimum Gasteiger partial charge on any atom is -0.478 e. The molecule has 0 saturated carbocycles. The highest BCUT2D eigenvalue weighted by atomic mass is 16.4. The quantitative estimate of drug-likeness (QED) is 0.453. The fourth-order valence-electron chi connectivity index (χ4n) is 4.46. The molecule has 0 radical (unpaired) electrons. The lowest BCUT2D eigenvalue weighted by Gasteiger charge is -2.38. The molecule has 0 spiro atoms. The number of carbonyl (C=O) groups is 2. The lowest BCUT2D eigenvalue weighted by atomic mass is 9.98. The number of fused-ring (bicyclic) bond motifs is 1. The van der Waals surface area contributed by atoms with E-state index in [0.717, 1.165) is 5.69 Å². The Balaban J connectivity index is 1.43. The second-order valence-electron chi connectivity index (χ2n) is 8.54. The Bertz CT molecular complexity index is 1440. The second-order valence-corrected chi connectivity index (χ2v) is 8.54. The van der Waals surface area contributed by atoms with E-state index >= 15 is 0 Å². The summed E-state index contributed by atoms with van der Waals surface area (Å²) in [5.41, 5.74) is 1.38. The SMILES string of the molecule is O=C(O)c1ccc(C(=O)N2CCC(O)CC2Cn2cnc3c(cnn3-c3ccccc3)c2=O)cc1. The van der Waals surface area contributed by atoms with Crippen molar-refractivity contribution in [2.75, 3.05) is 6.54 Å². The van der Waals surface area contributed by atoms with Gasteiger partial charge in [0.05, 0.1) is 29.6 Å². The molecule has 1 aliphatic rings. The third-order valence-corrected chi connectivity index (χ3v) is 6.29. The number of piperidine rings is 1. The topological polar surface area (TPSA) is 131 Å². The van der Waals surface area contributed by atoms with Crippen molar-refractivity contribution in [2.45, 2.75) is 31.5 Å². The number of rotatable bonds is 5. The molecule has 0 aliphatic carbocycles. The Morgan fingerprint density at radius 1 is 1.03 bits per heavy atom. The Morgan fingerprint density at radius 3 is 2.46 bits per heavy atom. The summed E-state index contributed by atoms with van der Waals surface area (Å²) in [7, 11) is 0. The fraction of sp³-hybridized carbons (Fsp3) is 0.240. The van der Waals surface area contributed by atoms with Crippen molar-refractivity contribution in [3.05, 3.63) is 88.6 Å². The molecule has 5 rings (SSSR count). The van der Waals surface area contributed by atoms with E-state index in [1.807, 2.05) is 30.3 Å². The number of carbonyl (C=O) groups excluding carboxylic acids is 1. The van der Waals surface area contributed by atoms with Crippen LogP contribution in [0.2, 0.25) is 0 Å². The van der Waals surface area contributed by atoms with Gasteiger partial charge in [-0.05, 0) is 49.2 Å². The molecule has 2 unspecified atom stereocenters. The third-order valence-electron chi connectivity index (χ3n) is 6.29. The number of amides is 1. The smallest absolute Gasteiger partial charge is 0.335 e. The van der Waals surface area contributed by atoms with Gasteiger partial charge in [0.1, 0.15) is 11.7 Å². The van der Waals surface area contributed by atoms with E-state index in [-0.39, 0.29) is 23.6 Å². The zero-order valence-electron chi connectivity index (χ0n) is 18.7. The van der Waals surface area contributed by atoms with E-state index in [1.54, 1.807) is 9.58 Å². The van der Waals surface area contributed by atoms with E-state index < -0.39 is 18.1 Å². The highest BCUT2D eigenvalue weighted by molar-refractivity contribution is 5.96. The summed E-state index contributed by atoms with van der Waals surface area (Å²) in [4.78, 5) is 43.7. The molecule has 10 nitrogen and oxygen atoms in total. The average Bonchev–Trinajstić information content (AvgIpc) is 3.31. The van der Waals surface area contributed by atoms with Gasteiger partial charge in [-0.2, -0.15) is 5.10 Å². The zero-order chi connectivity index (χ0) is 24.5. The van der Waals surface area contributed by atoms with Crippen LogP contribution in [0.15, 0.2) is 71.9 Å². The summed E-state index contributed by atoms with van der Waals surface area (Å²) < 4.78 is 3.04. The van der Waals surface area contributed by atoms with Crippen LogP contribution >= 0.6 is 0 Å². The highest BCUT2D eigenvalue weighted by Gasteiger charge is 2.32. The second kappa shape index (κ2) is 9.15. The zero-order valence-corrected chi connectivity index (χ0v) is 18.7. The van der Waals surface area contributed by atoms with Crippen molar-refractivity contribution in [3.8, 4) is 5.69 Å². The van der Waals surface area contributed by atoms with E-state index in [4.69, 9.17) is 5.11 Å². The molecule has 1 amide bonds. The number of para-hydroxylation sites is 1. The first-order chi connectivity index (χ1) is 16.9. The van der Waals surface area contributed by atoms with Crippen LogP contribution in [0.1, 0.15) is 33.6 Å². The molecule has 3 heterocycles. The van der Waals surface area contributed by atoms with Gasteiger partial charge in [0, 0.05) is 18.7 Å². The van der Waals surface area contributed by atoms with Crippen molar-refractivity contribution in [1.82, 2.24) is 24.2 Å². The monoisotopic (exact) mass is 473 g/mol. The number of carboxylic acid groups (broad SMARTS) is 1. The molecule has 178 valence electrons. The highest BCUT2D eigenvalue weighted by Crippen LogP contribution is 2.22. The first-order valence-corrected chi connectivity index (χ1v) is 11.2. The van der Waals surface area contributed by atoms with Crippen LogP contribution in [0.3, 0.4) is 0 Å². The molecule has 10 heteroatoms. The van der Waals surface area contributed by atoms with Crippen molar-refractivity contribution >= 4 is 22.9 Å². The molecule has 1 aliphatic heterocycles. The van der Waals surface area contributed by atoms with Gasteiger partial charge in [0.2, 0.25) is 0 Å². The van der Waals surface area contributed by atoms with E-state index in [2.05, 4.69) is 10.1 Å². The van der Waals surface area contributed by atoms with Crippen molar-refractivity contribution in [2.24, 2.45) is 0 Å². The predicted molar refractivity (Wildman–Crippen MR) is 127 cm³/mol. The number of benzene rings is 2. The standard InChI is InChI=1S/C25H23N5O5/c31-20-10-11-29(23(32)16-6-8-17(9-7-16)25(34)35)19(12-20)14-28-15-26-22-21(24(28)33)13-27-30(22)18-4-2-1-3-5-18/h1-9,13,15,19-20,31H,10-12,14H2,(H,34,35). The summed E-state index contributed by atoms with van der Waals surface area (Å²) in [6.45, 7) is 0.482. The van der Waals surface area contributed by atoms with Gasteiger partial charge in [0.25, 0.3) is 11.5 Å². The van der Waals surface area contributed by atoms with Crippen LogP contribution in [0, 0.1) is 0 Å². The van der Waals surface area contributed by atoms with Gasteiger partial charge in [-0.25, -0.2) is 14.5 Å². The number of carboxylic acids is 1. The molecule has 2 N–H and O–H groups in total. The minimum atomic E-state index is -1.07. The largest absolute Gasteiger partial charge is 0.478 e. The third kappa shape index (κ3) is 4.31. The Kier molecular flexibility index (Phi) is 5.87. The van der Waals surface area contributed by atoms with E-state index in [0.29, 0.717) is 36.0 Å². The lowest BCUT2D eigenvalue weighted by molar-refractivity contribution is 0.0279. The molecule has 1 saturated heterocycles. The average molecular weight is 473 g/mol. The van der Waals surface area contributed by atoms with Crippen molar-refractivity contribution in [3.63, 3.8) is 0 Å². The lowest BCUT2D eigenvalue weighted by Crippen LogP contribution is -2.50. The Hall–Kier alpha value is -4.31. The van der Waals surface area contributed by atoms with E-state index in [9.17, 15) is 19.5 Å². The molecule has 2 aromatic heterocycles. The maximum Gasteiger partial charge on any atom is 0.335 e. The number of aliphatic hydroxyl groups is 1. The number of nitrogens with zero attached hydrogens (tertiary/aromatic N) is 5. The Morgan fingerprint density at radius 2 is 1.74 bits per heavy atom. The summed E-state index contributed by atoms with van der Waals surface area (Å²) in [5, 5.41) is 24.1. The normalized spacial score (nSPS) is 18.0. The van der Waals surface area contributed by atoms with Crippen LogP contribution < -0.4 is 5.56 Å².